The van der Waals surface area contributed by atoms with Gasteiger partial charge in [-0.1, -0.05) is 0 Å². The largest absolute Gasteiger partial charge is 0.239 e. The van der Waals surface area contributed by atoms with E-state index in [1.54, 1.807) is 19.9 Å². The van der Waals surface area contributed by atoms with Gasteiger partial charge in [-0.15, -0.1) is 0 Å². The van der Waals surface area contributed by atoms with E-state index in [0.29, 0.717) is 11.4 Å². The Morgan fingerprint density at radius 1 is 1.20 bits per heavy atom. The average molecular weight is 204 g/mol. The van der Waals surface area contributed by atoms with Gasteiger partial charge in [-0.2, -0.15) is 10.2 Å². The van der Waals surface area contributed by atoms with Crippen LogP contribution in [0.25, 0.3) is 11.3 Å². The highest BCUT2D eigenvalue weighted by molar-refractivity contribution is 5.58. The van der Waals surface area contributed by atoms with Gasteiger partial charge in [-0.3, -0.25) is 0 Å². The van der Waals surface area contributed by atoms with E-state index in [2.05, 4.69) is 20.2 Å². The Morgan fingerprint density at radius 2 is 2.00 bits per heavy atom. The Morgan fingerprint density at radius 3 is 2.73 bits per heavy atom. The van der Waals surface area contributed by atoms with Crippen LogP contribution in [0.3, 0.4) is 0 Å². The van der Waals surface area contributed by atoms with Gasteiger partial charge in [0.2, 0.25) is 0 Å². The summed E-state index contributed by atoms with van der Waals surface area (Å²) in [5.41, 5.74) is 1.61. The van der Waals surface area contributed by atoms with E-state index in [0.717, 1.165) is 11.9 Å². The predicted octanol–water partition coefficient (Wildman–Crippen LogP) is 1.69. The minimum atomic E-state index is -0.451. The molecule has 0 N–H and O–H groups in total. The van der Waals surface area contributed by atoms with E-state index in [1.807, 2.05) is 0 Å². The SMILES string of the molecule is Cc1cc(-c2nc(C)ncc2F)cnn1. The van der Waals surface area contributed by atoms with E-state index < -0.39 is 5.82 Å². The molecular weight excluding hydrogens is 195 g/mol. The summed E-state index contributed by atoms with van der Waals surface area (Å²) >= 11 is 0. The van der Waals surface area contributed by atoms with Gasteiger partial charge in [0.1, 0.15) is 11.5 Å². The lowest BCUT2D eigenvalue weighted by molar-refractivity contribution is 0.615. The summed E-state index contributed by atoms with van der Waals surface area (Å²) in [5.74, 6) is 0.0777. The number of hydrogen-bond acceptors (Lipinski definition) is 4. The molecule has 0 bridgehead atoms. The monoisotopic (exact) mass is 204 g/mol. The van der Waals surface area contributed by atoms with E-state index >= 15 is 0 Å². The van der Waals surface area contributed by atoms with Crippen LogP contribution < -0.4 is 0 Å². The molecule has 5 heteroatoms. The van der Waals surface area contributed by atoms with Crippen molar-refractivity contribution in [2.24, 2.45) is 0 Å². The van der Waals surface area contributed by atoms with E-state index in [1.165, 1.54) is 6.20 Å². The maximum Gasteiger partial charge on any atom is 0.167 e. The molecule has 0 aliphatic heterocycles. The molecule has 0 saturated heterocycles. The zero-order valence-corrected chi connectivity index (χ0v) is 8.40. The van der Waals surface area contributed by atoms with Gasteiger partial charge in [-0.25, -0.2) is 14.4 Å². The summed E-state index contributed by atoms with van der Waals surface area (Å²) in [6.07, 6.45) is 2.64. The Hall–Kier alpha value is -1.91. The molecule has 0 aliphatic carbocycles. The van der Waals surface area contributed by atoms with Gasteiger partial charge in [0.15, 0.2) is 5.82 Å². The number of nitrogens with zero attached hydrogens (tertiary/aromatic N) is 4. The predicted molar refractivity (Wildman–Crippen MR) is 52.5 cm³/mol. The second kappa shape index (κ2) is 3.68. The zero-order valence-electron chi connectivity index (χ0n) is 8.40. The molecule has 15 heavy (non-hydrogen) atoms. The third-order valence-corrected chi connectivity index (χ3v) is 1.91. The normalized spacial score (nSPS) is 10.3. The van der Waals surface area contributed by atoms with Crippen LogP contribution in [0.15, 0.2) is 18.5 Å². The van der Waals surface area contributed by atoms with Gasteiger partial charge in [0, 0.05) is 5.56 Å². The zero-order chi connectivity index (χ0) is 10.8. The first-order valence-electron chi connectivity index (χ1n) is 4.45. The maximum atomic E-state index is 13.4. The van der Waals surface area contributed by atoms with Crippen LogP contribution in [-0.4, -0.2) is 20.2 Å². The molecule has 0 unspecified atom stereocenters. The highest BCUT2D eigenvalue weighted by Gasteiger charge is 2.08. The molecule has 76 valence electrons. The standard InChI is InChI=1S/C10H9FN4/c1-6-3-8(4-13-15-6)10-9(11)5-12-7(2)14-10/h3-5H,1-2H3. The first-order valence-corrected chi connectivity index (χ1v) is 4.45. The summed E-state index contributed by atoms with van der Waals surface area (Å²) in [7, 11) is 0. The minimum Gasteiger partial charge on any atom is -0.239 e. The first kappa shape index (κ1) is 9.64. The molecule has 2 rings (SSSR count). The number of aryl methyl sites for hydroxylation is 2. The lowest BCUT2D eigenvalue weighted by atomic mass is 10.2. The maximum absolute atomic E-state index is 13.4. The van der Waals surface area contributed by atoms with Gasteiger partial charge in [-0.05, 0) is 19.9 Å². The van der Waals surface area contributed by atoms with Crippen molar-refractivity contribution in [3.05, 3.63) is 35.8 Å². The molecule has 0 aromatic carbocycles. The van der Waals surface area contributed by atoms with Crippen LogP contribution in [0.4, 0.5) is 4.39 Å². The molecule has 4 nitrogen and oxygen atoms in total. The van der Waals surface area contributed by atoms with Crippen molar-refractivity contribution in [3.63, 3.8) is 0 Å². The fraction of sp³-hybridized carbons (Fsp3) is 0.200. The highest BCUT2D eigenvalue weighted by Crippen LogP contribution is 2.18. The van der Waals surface area contributed by atoms with Gasteiger partial charge >= 0.3 is 0 Å². The second-order valence-electron chi connectivity index (χ2n) is 3.20. The van der Waals surface area contributed by atoms with Crippen molar-refractivity contribution in [2.75, 3.05) is 0 Å². The molecule has 0 atom stereocenters. The Bertz CT molecular complexity index is 499. The number of hydrogen-bond donors (Lipinski definition) is 0. The van der Waals surface area contributed by atoms with Gasteiger partial charge < -0.3 is 0 Å². The van der Waals surface area contributed by atoms with E-state index in [-0.39, 0.29) is 5.69 Å². The Kier molecular flexibility index (Phi) is 2.37. The third-order valence-electron chi connectivity index (χ3n) is 1.91. The van der Waals surface area contributed by atoms with Crippen LogP contribution in [0.5, 0.6) is 0 Å². The highest BCUT2D eigenvalue weighted by atomic mass is 19.1. The molecule has 0 saturated carbocycles. The number of halogens is 1. The molecule has 2 aromatic heterocycles. The fourth-order valence-electron chi connectivity index (χ4n) is 1.26. The van der Waals surface area contributed by atoms with Crippen molar-refractivity contribution in [2.45, 2.75) is 13.8 Å². The van der Waals surface area contributed by atoms with Crippen molar-refractivity contribution in [3.8, 4) is 11.3 Å². The smallest absolute Gasteiger partial charge is 0.167 e. The van der Waals surface area contributed by atoms with E-state index in [4.69, 9.17) is 0 Å². The van der Waals surface area contributed by atoms with Gasteiger partial charge in [0.25, 0.3) is 0 Å². The second-order valence-corrected chi connectivity index (χ2v) is 3.20. The summed E-state index contributed by atoms with van der Waals surface area (Å²) in [6, 6.07) is 1.73. The molecule has 2 aromatic rings. The van der Waals surface area contributed by atoms with Crippen molar-refractivity contribution in [1.29, 1.82) is 0 Å². The summed E-state index contributed by atoms with van der Waals surface area (Å²) < 4.78 is 13.4. The average Bonchev–Trinajstić information content (AvgIpc) is 2.22. The van der Waals surface area contributed by atoms with Crippen molar-refractivity contribution < 1.29 is 4.39 Å². The molecular formula is C10H9FN4. The van der Waals surface area contributed by atoms with Crippen molar-refractivity contribution >= 4 is 0 Å². The summed E-state index contributed by atoms with van der Waals surface area (Å²) in [5, 5.41) is 7.56. The molecule has 0 radical (unpaired) electrons. The summed E-state index contributed by atoms with van der Waals surface area (Å²) in [4.78, 5) is 7.80. The van der Waals surface area contributed by atoms with Crippen molar-refractivity contribution in [1.82, 2.24) is 20.2 Å². The first-order chi connectivity index (χ1) is 7.16. The molecule has 0 aliphatic rings. The third kappa shape index (κ3) is 1.96. The molecule has 0 fully saturated rings. The van der Waals surface area contributed by atoms with Crippen LogP contribution in [0.2, 0.25) is 0 Å². The van der Waals surface area contributed by atoms with Crippen LogP contribution in [-0.2, 0) is 0 Å². The Balaban J connectivity index is 2.58. The number of aromatic nitrogens is 4. The fourth-order valence-corrected chi connectivity index (χ4v) is 1.26. The minimum absolute atomic E-state index is 0.264. The van der Waals surface area contributed by atoms with Crippen LogP contribution in [0.1, 0.15) is 11.5 Å². The lowest BCUT2D eigenvalue weighted by Gasteiger charge is -2.02. The number of rotatable bonds is 1. The lowest BCUT2D eigenvalue weighted by Crippen LogP contribution is -1.96. The van der Waals surface area contributed by atoms with E-state index in [9.17, 15) is 4.39 Å². The van der Waals surface area contributed by atoms with Gasteiger partial charge in [0.05, 0.1) is 18.1 Å². The summed E-state index contributed by atoms with van der Waals surface area (Å²) in [6.45, 7) is 3.51. The molecule has 2 heterocycles. The topological polar surface area (TPSA) is 51.6 Å². The van der Waals surface area contributed by atoms with Crippen LogP contribution in [0, 0.1) is 19.7 Å². The quantitative estimate of drug-likeness (QED) is 0.709. The molecule has 0 amide bonds. The van der Waals surface area contributed by atoms with Crippen LogP contribution >= 0.6 is 0 Å². The Labute approximate surface area is 86.2 Å². The molecule has 0 spiro atoms.